The number of halogens is 2. The lowest BCUT2D eigenvalue weighted by Gasteiger charge is -2.14. The Hall–Kier alpha value is -3.54. The Kier molecular flexibility index (Phi) is 10.1. The number of benzene rings is 2. The van der Waals surface area contributed by atoms with Gasteiger partial charge in [0.05, 0.1) is 22.3 Å². The van der Waals surface area contributed by atoms with Crippen LogP contribution in [0.25, 0.3) is 0 Å². The summed E-state index contributed by atoms with van der Waals surface area (Å²) >= 11 is 3.26. The predicted molar refractivity (Wildman–Crippen MR) is 138 cm³/mol. The highest BCUT2D eigenvalue weighted by Crippen LogP contribution is 2.25. The summed E-state index contributed by atoms with van der Waals surface area (Å²) < 4.78 is 6.38. The number of ether oxygens (including phenoxy) is 1. The van der Waals surface area contributed by atoms with Crippen LogP contribution in [0, 0.1) is 6.92 Å². The van der Waals surface area contributed by atoms with Gasteiger partial charge in [-0.1, -0.05) is 12.1 Å². The van der Waals surface area contributed by atoms with Gasteiger partial charge >= 0.3 is 12.0 Å². The number of rotatable bonds is 7. The number of imide groups is 1. The summed E-state index contributed by atoms with van der Waals surface area (Å²) in [7, 11) is 3.52. The van der Waals surface area contributed by atoms with Crippen LogP contribution in [0.4, 0.5) is 16.2 Å². The number of aromatic nitrogens is 2. The molecule has 1 heterocycles. The zero-order valence-electron chi connectivity index (χ0n) is 19.2. The molecule has 0 saturated carbocycles. The van der Waals surface area contributed by atoms with E-state index in [9.17, 15) is 14.4 Å². The van der Waals surface area contributed by atoms with Crippen molar-refractivity contribution < 1.29 is 19.1 Å². The highest BCUT2D eigenvalue weighted by Gasteiger charge is 2.16. The maximum Gasteiger partial charge on any atom is 0.326 e. The van der Waals surface area contributed by atoms with E-state index in [1.807, 2.05) is 0 Å². The van der Waals surface area contributed by atoms with Gasteiger partial charge in [0.25, 0.3) is 5.91 Å². The van der Waals surface area contributed by atoms with Crippen LogP contribution in [-0.4, -0.2) is 53.4 Å². The number of likely N-dealkylation sites (N-methyl/N-ethyl adjacent to an activating group) is 1. The molecule has 2 aromatic carbocycles. The van der Waals surface area contributed by atoms with Crippen LogP contribution < -0.4 is 20.7 Å². The van der Waals surface area contributed by atoms with E-state index in [1.54, 1.807) is 74.7 Å². The van der Waals surface area contributed by atoms with E-state index in [2.05, 4.69) is 41.8 Å². The quantitative estimate of drug-likeness (QED) is 0.393. The van der Waals surface area contributed by atoms with Crippen molar-refractivity contribution in [1.29, 1.82) is 0 Å². The van der Waals surface area contributed by atoms with Gasteiger partial charge in [-0.2, -0.15) is 0 Å². The first-order valence-electron chi connectivity index (χ1n) is 10.1. The van der Waals surface area contributed by atoms with E-state index in [4.69, 9.17) is 4.74 Å². The SMILES string of the molecule is Cc1cc(NC(=O)NC(=O)c2ccccc2NC(=O)CN(C)C)ccc1Oc1ncc(Br)cn1.Cl. The van der Waals surface area contributed by atoms with Gasteiger partial charge in [-0.3, -0.25) is 14.9 Å². The predicted octanol–water partition coefficient (Wildman–Crippen LogP) is 4.22. The molecule has 0 spiro atoms. The number of nitrogens with zero attached hydrogens (tertiary/aromatic N) is 3. The minimum atomic E-state index is -0.719. The van der Waals surface area contributed by atoms with Gasteiger partial charge in [-0.05, 0) is 72.8 Å². The molecule has 0 atom stereocenters. The number of carbonyl (C=O) groups is 3. The Labute approximate surface area is 217 Å². The highest BCUT2D eigenvalue weighted by molar-refractivity contribution is 9.10. The van der Waals surface area contributed by atoms with Crippen LogP contribution in [0.2, 0.25) is 0 Å². The molecular weight excluding hydrogens is 540 g/mol. The zero-order valence-corrected chi connectivity index (χ0v) is 21.6. The number of hydrogen-bond acceptors (Lipinski definition) is 7. The summed E-state index contributed by atoms with van der Waals surface area (Å²) in [6, 6.07) is 10.9. The highest BCUT2D eigenvalue weighted by atomic mass is 79.9. The lowest BCUT2D eigenvalue weighted by Crippen LogP contribution is -2.35. The van der Waals surface area contributed by atoms with Gasteiger partial charge < -0.3 is 20.3 Å². The molecule has 0 fully saturated rings. The van der Waals surface area contributed by atoms with Crippen molar-refractivity contribution in [1.82, 2.24) is 20.2 Å². The summed E-state index contributed by atoms with van der Waals surface area (Å²) in [5.41, 5.74) is 1.66. The van der Waals surface area contributed by atoms with E-state index in [0.29, 0.717) is 17.1 Å². The fraction of sp³-hybridized carbons (Fsp3) is 0.174. The van der Waals surface area contributed by atoms with Crippen molar-refractivity contribution in [2.24, 2.45) is 0 Å². The third-order valence-electron chi connectivity index (χ3n) is 4.36. The summed E-state index contributed by atoms with van der Waals surface area (Å²) in [5, 5.41) is 7.56. The summed E-state index contributed by atoms with van der Waals surface area (Å²) in [5.74, 6) is -0.407. The van der Waals surface area contributed by atoms with Crippen LogP contribution in [0.15, 0.2) is 59.3 Å². The zero-order chi connectivity index (χ0) is 24.7. The van der Waals surface area contributed by atoms with Crippen LogP contribution in [-0.2, 0) is 4.79 Å². The van der Waals surface area contributed by atoms with Crippen molar-refractivity contribution in [3.63, 3.8) is 0 Å². The van der Waals surface area contributed by atoms with E-state index in [1.165, 1.54) is 6.07 Å². The molecule has 0 saturated heterocycles. The molecule has 0 unspecified atom stereocenters. The molecule has 184 valence electrons. The number of anilines is 2. The number of para-hydroxylation sites is 1. The average Bonchev–Trinajstić information content (AvgIpc) is 2.76. The molecule has 10 nitrogen and oxygen atoms in total. The maximum absolute atomic E-state index is 12.6. The van der Waals surface area contributed by atoms with Gasteiger partial charge in [0.15, 0.2) is 0 Å². The number of carbonyl (C=O) groups excluding carboxylic acids is 3. The van der Waals surface area contributed by atoms with Gasteiger partial charge in [0.1, 0.15) is 5.75 Å². The Morgan fingerprint density at radius 2 is 1.71 bits per heavy atom. The lowest BCUT2D eigenvalue weighted by molar-refractivity contribution is -0.116. The lowest BCUT2D eigenvalue weighted by atomic mass is 10.1. The third-order valence-corrected chi connectivity index (χ3v) is 4.77. The summed E-state index contributed by atoms with van der Waals surface area (Å²) in [6.45, 7) is 1.96. The molecule has 0 aliphatic heterocycles. The van der Waals surface area contributed by atoms with Crippen molar-refractivity contribution in [3.8, 4) is 11.8 Å². The minimum absolute atomic E-state index is 0. The van der Waals surface area contributed by atoms with Crippen molar-refractivity contribution in [2.75, 3.05) is 31.3 Å². The van der Waals surface area contributed by atoms with Crippen LogP contribution >= 0.6 is 28.3 Å². The Morgan fingerprint density at radius 1 is 1.03 bits per heavy atom. The molecule has 12 heteroatoms. The first-order valence-corrected chi connectivity index (χ1v) is 10.9. The molecule has 3 rings (SSSR count). The van der Waals surface area contributed by atoms with Crippen molar-refractivity contribution in [2.45, 2.75) is 6.92 Å². The molecule has 3 N–H and O–H groups in total. The molecule has 0 aliphatic carbocycles. The van der Waals surface area contributed by atoms with E-state index in [-0.39, 0.29) is 36.4 Å². The first kappa shape index (κ1) is 27.7. The normalized spacial score (nSPS) is 10.2. The molecule has 1 aromatic heterocycles. The number of hydrogen-bond donors (Lipinski definition) is 3. The van der Waals surface area contributed by atoms with E-state index < -0.39 is 11.9 Å². The summed E-state index contributed by atoms with van der Waals surface area (Å²) in [6.07, 6.45) is 3.14. The monoisotopic (exact) mass is 562 g/mol. The summed E-state index contributed by atoms with van der Waals surface area (Å²) in [4.78, 5) is 46.9. The van der Waals surface area contributed by atoms with Gasteiger partial charge in [0, 0.05) is 18.1 Å². The molecular formula is C23H24BrClN6O4. The number of nitrogens with one attached hydrogen (secondary N) is 3. The second-order valence-electron chi connectivity index (χ2n) is 7.51. The largest absolute Gasteiger partial charge is 0.424 e. The third kappa shape index (κ3) is 8.32. The minimum Gasteiger partial charge on any atom is -0.424 e. The Balaban J connectivity index is 0.00000432. The number of urea groups is 1. The molecule has 0 radical (unpaired) electrons. The maximum atomic E-state index is 12.6. The smallest absolute Gasteiger partial charge is 0.326 e. The number of aryl methyl sites for hydroxylation is 1. The molecule has 3 aromatic rings. The van der Waals surface area contributed by atoms with Gasteiger partial charge in [-0.15, -0.1) is 12.4 Å². The van der Waals surface area contributed by atoms with Crippen LogP contribution in [0.5, 0.6) is 11.8 Å². The van der Waals surface area contributed by atoms with Crippen molar-refractivity contribution in [3.05, 3.63) is 70.5 Å². The first-order chi connectivity index (χ1) is 16.2. The number of amides is 4. The van der Waals surface area contributed by atoms with E-state index in [0.717, 1.165) is 10.0 Å². The topological polar surface area (TPSA) is 126 Å². The standard InChI is InChI=1S/C23H23BrN6O4.ClH/c1-14-10-16(8-9-19(14)34-23-25-11-15(24)12-26-23)27-22(33)29-21(32)17-6-4-5-7-18(17)28-20(31)13-30(2)3;/h4-12H,13H2,1-3H3,(H,28,31)(H2,27,29,32,33);1H. The fourth-order valence-corrected chi connectivity index (χ4v) is 3.10. The second kappa shape index (κ2) is 12.8. The molecule has 4 amide bonds. The van der Waals surface area contributed by atoms with Gasteiger partial charge in [-0.25, -0.2) is 14.8 Å². The molecule has 0 aliphatic rings. The Morgan fingerprint density at radius 3 is 2.37 bits per heavy atom. The van der Waals surface area contributed by atoms with Gasteiger partial charge in [0.2, 0.25) is 5.91 Å². The van der Waals surface area contributed by atoms with Crippen LogP contribution in [0.3, 0.4) is 0 Å². The second-order valence-corrected chi connectivity index (χ2v) is 8.42. The van der Waals surface area contributed by atoms with E-state index >= 15 is 0 Å². The molecule has 35 heavy (non-hydrogen) atoms. The Bertz CT molecular complexity index is 1210. The van der Waals surface area contributed by atoms with Crippen molar-refractivity contribution >= 4 is 57.6 Å². The average molecular weight is 564 g/mol. The molecule has 0 bridgehead atoms. The fourth-order valence-electron chi connectivity index (χ4n) is 2.89. The van der Waals surface area contributed by atoms with Crippen LogP contribution in [0.1, 0.15) is 15.9 Å².